The van der Waals surface area contributed by atoms with Gasteiger partial charge in [-0.05, 0) is 35.9 Å². The Hall–Kier alpha value is -2.31. The Morgan fingerprint density at radius 3 is 2.88 bits per heavy atom. The highest BCUT2D eigenvalue weighted by Gasteiger charge is 2.14. The fourth-order valence-electron chi connectivity index (χ4n) is 2.50. The smallest absolute Gasteiger partial charge is 0.230 e. The second-order valence-electron chi connectivity index (χ2n) is 5.33. The van der Waals surface area contributed by atoms with Gasteiger partial charge in [-0.15, -0.1) is 0 Å². The van der Waals surface area contributed by atoms with E-state index in [0.717, 1.165) is 15.8 Å². The van der Waals surface area contributed by atoms with E-state index in [2.05, 4.69) is 10.3 Å². The van der Waals surface area contributed by atoms with Crippen molar-refractivity contribution >= 4 is 44.2 Å². The fourth-order valence-corrected chi connectivity index (χ4v) is 3.66. The van der Waals surface area contributed by atoms with Gasteiger partial charge in [-0.2, -0.15) is 0 Å². The molecule has 0 bridgehead atoms. The first-order valence-electron chi connectivity index (χ1n) is 7.42. The number of carbonyl (C=O) groups is 1. The number of thiazole rings is 1. The molecule has 0 aliphatic carbocycles. The van der Waals surface area contributed by atoms with Crippen molar-refractivity contribution in [2.45, 2.75) is 6.42 Å². The minimum Gasteiger partial charge on any atom is -0.486 e. The molecule has 1 aliphatic heterocycles. The molecule has 0 saturated carbocycles. The number of benzene rings is 2. The minimum absolute atomic E-state index is 0.128. The van der Waals surface area contributed by atoms with Crippen LogP contribution in [0.25, 0.3) is 10.2 Å². The average Bonchev–Trinajstić information content (AvgIpc) is 2.95. The lowest BCUT2D eigenvalue weighted by Gasteiger charge is -2.18. The first-order chi connectivity index (χ1) is 11.7. The van der Waals surface area contributed by atoms with E-state index >= 15 is 0 Å². The molecule has 0 spiro atoms. The SMILES string of the molecule is O=C(Cc1ccc2c(c1)OCCO2)Nc1nc2ccc(Cl)cc2s1. The zero-order valence-corrected chi connectivity index (χ0v) is 14.1. The summed E-state index contributed by atoms with van der Waals surface area (Å²) in [6.07, 6.45) is 0.243. The Balaban J connectivity index is 1.47. The molecule has 122 valence electrons. The maximum Gasteiger partial charge on any atom is 0.230 e. The molecule has 7 heteroatoms. The number of anilines is 1. The molecule has 0 saturated heterocycles. The van der Waals surface area contributed by atoms with Crippen LogP contribution < -0.4 is 14.8 Å². The quantitative estimate of drug-likeness (QED) is 0.769. The number of rotatable bonds is 3. The van der Waals surface area contributed by atoms with Gasteiger partial charge >= 0.3 is 0 Å². The topological polar surface area (TPSA) is 60.5 Å². The van der Waals surface area contributed by atoms with Crippen molar-refractivity contribution in [3.05, 3.63) is 47.0 Å². The maximum atomic E-state index is 12.3. The monoisotopic (exact) mass is 360 g/mol. The number of aromatic nitrogens is 1. The van der Waals surface area contributed by atoms with Crippen LogP contribution in [0.1, 0.15) is 5.56 Å². The summed E-state index contributed by atoms with van der Waals surface area (Å²) < 4.78 is 12.0. The van der Waals surface area contributed by atoms with Crippen LogP contribution in [0.3, 0.4) is 0 Å². The Kier molecular flexibility index (Phi) is 4.00. The summed E-state index contributed by atoms with van der Waals surface area (Å²) in [6, 6.07) is 11.0. The minimum atomic E-state index is -0.128. The highest BCUT2D eigenvalue weighted by atomic mass is 35.5. The van der Waals surface area contributed by atoms with E-state index in [4.69, 9.17) is 21.1 Å². The molecule has 5 nitrogen and oxygen atoms in total. The number of ether oxygens (including phenoxy) is 2. The maximum absolute atomic E-state index is 12.3. The summed E-state index contributed by atoms with van der Waals surface area (Å²) in [4.78, 5) is 16.6. The summed E-state index contributed by atoms with van der Waals surface area (Å²) in [5, 5.41) is 4.05. The largest absolute Gasteiger partial charge is 0.486 e. The normalized spacial score (nSPS) is 13.0. The number of hydrogen-bond donors (Lipinski definition) is 1. The number of hydrogen-bond acceptors (Lipinski definition) is 5. The van der Waals surface area contributed by atoms with Gasteiger partial charge in [-0.25, -0.2) is 4.98 Å². The van der Waals surface area contributed by atoms with E-state index in [1.54, 1.807) is 6.07 Å². The zero-order valence-electron chi connectivity index (χ0n) is 12.5. The Bertz CT molecular complexity index is 925. The lowest BCUT2D eigenvalue weighted by molar-refractivity contribution is -0.115. The van der Waals surface area contributed by atoms with Crippen LogP contribution in [0.2, 0.25) is 5.02 Å². The summed E-state index contributed by atoms with van der Waals surface area (Å²) in [5.74, 6) is 1.27. The van der Waals surface area contributed by atoms with Crippen molar-refractivity contribution in [1.29, 1.82) is 0 Å². The molecule has 4 rings (SSSR count). The molecule has 24 heavy (non-hydrogen) atoms. The van der Waals surface area contributed by atoms with Gasteiger partial charge in [0, 0.05) is 5.02 Å². The van der Waals surface area contributed by atoms with E-state index in [9.17, 15) is 4.79 Å². The van der Waals surface area contributed by atoms with E-state index in [1.165, 1.54) is 11.3 Å². The van der Waals surface area contributed by atoms with Crippen LogP contribution in [-0.4, -0.2) is 24.1 Å². The number of nitrogens with one attached hydrogen (secondary N) is 1. The van der Waals surface area contributed by atoms with Gasteiger partial charge in [0.25, 0.3) is 0 Å². The van der Waals surface area contributed by atoms with Gasteiger partial charge in [0.2, 0.25) is 5.91 Å². The fraction of sp³-hybridized carbons (Fsp3) is 0.176. The van der Waals surface area contributed by atoms with Crippen LogP contribution in [0.4, 0.5) is 5.13 Å². The third kappa shape index (κ3) is 3.16. The molecule has 0 unspecified atom stereocenters. The van der Waals surface area contributed by atoms with Crippen LogP contribution in [0, 0.1) is 0 Å². The molecule has 1 amide bonds. The third-order valence-corrected chi connectivity index (χ3v) is 4.74. The predicted molar refractivity (Wildman–Crippen MR) is 94.4 cm³/mol. The zero-order chi connectivity index (χ0) is 16.5. The molecule has 2 heterocycles. The van der Waals surface area contributed by atoms with Crippen molar-refractivity contribution in [3.63, 3.8) is 0 Å². The number of amides is 1. The number of halogens is 1. The second kappa shape index (κ2) is 6.30. The molecule has 0 atom stereocenters. The standard InChI is InChI=1S/C17H13ClN2O3S/c18-11-2-3-12-15(9-11)24-17(19-12)20-16(21)8-10-1-4-13-14(7-10)23-6-5-22-13/h1-4,7,9H,5-6,8H2,(H,19,20,21). The summed E-state index contributed by atoms with van der Waals surface area (Å²) in [5.41, 5.74) is 1.68. The van der Waals surface area contributed by atoms with Gasteiger partial charge in [0.05, 0.1) is 16.6 Å². The van der Waals surface area contributed by atoms with Crippen LogP contribution in [0.5, 0.6) is 11.5 Å². The summed E-state index contributed by atoms with van der Waals surface area (Å²) in [7, 11) is 0. The van der Waals surface area contributed by atoms with Gasteiger partial charge < -0.3 is 14.8 Å². The van der Waals surface area contributed by atoms with Gasteiger partial charge in [0.1, 0.15) is 13.2 Å². The predicted octanol–water partition coefficient (Wildman–Crippen LogP) is 3.90. The highest BCUT2D eigenvalue weighted by Crippen LogP contribution is 2.31. The van der Waals surface area contributed by atoms with Crippen molar-refractivity contribution in [2.24, 2.45) is 0 Å². The molecule has 2 aromatic carbocycles. The molecule has 0 radical (unpaired) electrons. The first-order valence-corrected chi connectivity index (χ1v) is 8.61. The number of carbonyl (C=O) groups excluding carboxylic acids is 1. The van der Waals surface area contributed by atoms with E-state index in [-0.39, 0.29) is 12.3 Å². The van der Waals surface area contributed by atoms with Crippen LogP contribution >= 0.6 is 22.9 Å². The lowest BCUT2D eigenvalue weighted by Crippen LogP contribution is -2.17. The van der Waals surface area contributed by atoms with Crippen LogP contribution in [-0.2, 0) is 11.2 Å². The van der Waals surface area contributed by atoms with Crippen molar-refractivity contribution in [3.8, 4) is 11.5 Å². The molecular weight excluding hydrogens is 348 g/mol. The molecule has 1 N–H and O–H groups in total. The summed E-state index contributed by atoms with van der Waals surface area (Å²) >= 11 is 7.37. The first kappa shape index (κ1) is 15.2. The van der Waals surface area contributed by atoms with E-state index in [0.29, 0.717) is 34.9 Å². The van der Waals surface area contributed by atoms with Crippen molar-refractivity contribution in [2.75, 3.05) is 18.5 Å². The summed E-state index contributed by atoms with van der Waals surface area (Å²) in [6.45, 7) is 1.07. The lowest BCUT2D eigenvalue weighted by atomic mass is 10.1. The number of fused-ring (bicyclic) bond motifs is 2. The van der Waals surface area contributed by atoms with Crippen molar-refractivity contribution in [1.82, 2.24) is 4.98 Å². The van der Waals surface area contributed by atoms with Gasteiger partial charge in [-0.1, -0.05) is 29.0 Å². The van der Waals surface area contributed by atoms with E-state index < -0.39 is 0 Å². The van der Waals surface area contributed by atoms with E-state index in [1.807, 2.05) is 30.3 Å². The van der Waals surface area contributed by atoms with Gasteiger partial charge in [0.15, 0.2) is 16.6 Å². The molecule has 0 fully saturated rings. The molecule has 1 aliphatic rings. The molecule has 3 aromatic rings. The number of nitrogens with zero attached hydrogens (tertiary/aromatic N) is 1. The Labute approximate surface area is 147 Å². The molecular formula is C17H13ClN2O3S. The highest BCUT2D eigenvalue weighted by molar-refractivity contribution is 7.22. The van der Waals surface area contributed by atoms with Crippen molar-refractivity contribution < 1.29 is 14.3 Å². The van der Waals surface area contributed by atoms with Gasteiger partial charge in [-0.3, -0.25) is 4.79 Å². The average molecular weight is 361 g/mol. The molecule has 1 aromatic heterocycles. The Morgan fingerprint density at radius 1 is 1.17 bits per heavy atom. The third-order valence-electron chi connectivity index (χ3n) is 3.57. The second-order valence-corrected chi connectivity index (χ2v) is 6.80. The van der Waals surface area contributed by atoms with Crippen LogP contribution in [0.15, 0.2) is 36.4 Å². The Morgan fingerprint density at radius 2 is 2.00 bits per heavy atom.